The maximum atomic E-state index is 11.7. The molecule has 0 amide bonds. The minimum atomic E-state index is -0.336. The van der Waals surface area contributed by atoms with Gasteiger partial charge < -0.3 is 9.14 Å². The standard InChI is InChI=1S/C14H17ClN2O2/c1-3-5-6-12-16-13(15)11-9-10(7-8-17(11)12)14(18)19-4-2/h7-9H,3-6H2,1-2H3. The summed E-state index contributed by atoms with van der Waals surface area (Å²) in [6.07, 6.45) is 4.87. The van der Waals surface area contributed by atoms with Gasteiger partial charge in [-0.25, -0.2) is 9.78 Å². The van der Waals surface area contributed by atoms with Crippen molar-refractivity contribution in [3.8, 4) is 0 Å². The van der Waals surface area contributed by atoms with Crippen LogP contribution in [-0.4, -0.2) is 22.0 Å². The molecule has 0 saturated carbocycles. The molecule has 0 aliphatic heterocycles. The molecule has 0 unspecified atom stereocenters. The van der Waals surface area contributed by atoms with Crippen molar-refractivity contribution in [2.75, 3.05) is 6.61 Å². The van der Waals surface area contributed by atoms with Gasteiger partial charge in [-0.3, -0.25) is 0 Å². The Morgan fingerprint density at radius 3 is 2.95 bits per heavy atom. The van der Waals surface area contributed by atoms with Crippen molar-refractivity contribution < 1.29 is 9.53 Å². The first kappa shape index (κ1) is 13.9. The van der Waals surface area contributed by atoms with Crippen LogP contribution in [0.4, 0.5) is 0 Å². The number of aromatic nitrogens is 2. The first-order valence-electron chi connectivity index (χ1n) is 6.51. The fourth-order valence-electron chi connectivity index (χ4n) is 1.96. The van der Waals surface area contributed by atoms with E-state index in [1.807, 2.05) is 10.6 Å². The van der Waals surface area contributed by atoms with Crippen molar-refractivity contribution in [2.24, 2.45) is 0 Å². The normalized spacial score (nSPS) is 10.9. The van der Waals surface area contributed by atoms with Crippen LogP contribution in [0.5, 0.6) is 0 Å². The van der Waals surface area contributed by atoms with Gasteiger partial charge in [0, 0.05) is 12.6 Å². The second-order valence-corrected chi connectivity index (χ2v) is 4.67. The summed E-state index contributed by atoms with van der Waals surface area (Å²) in [6, 6.07) is 3.46. The van der Waals surface area contributed by atoms with Crippen molar-refractivity contribution in [2.45, 2.75) is 33.1 Å². The molecule has 0 fully saturated rings. The molecule has 0 spiro atoms. The number of imidazole rings is 1. The minimum absolute atomic E-state index is 0.336. The predicted octanol–water partition coefficient (Wildman–Crippen LogP) is 3.51. The van der Waals surface area contributed by atoms with Crippen molar-refractivity contribution in [1.82, 2.24) is 9.38 Å². The molecule has 19 heavy (non-hydrogen) atoms. The minimum Gasteiger partial charge on any atom is -0.462 e. The molecule has 0 atom stereocenters. The number of hydrogen-bond acceptors (Lipinski definition) is 3. The summed E-state index contributed by atoms with van der Waals surface area (Å²) in [5.74, 6) is 0.592. The first-order chi connectivity index (χ1) is 9.17. The highest BCUT2D eigenvalue weighted by atomic mass is 35.5. The molecule has 0 aliphatic rings. The van der Waals surface area contributed by atoms with Gasteiger partial charge in [-0.05, 0) is 25.5 Å². The van der Waals surface area contributed by atoms with Crippen LogP contribution in [0.2, 0.25) is 5.15 Å². The van der Waals surface area contributed by atoms with E-state index in [1.165, 1.54) is 0 Å². The molecule has 0 aliphatic carbocycles. The van der Waals surface area contributed by atoms with E-state index < -0.39 is 0 Å². The molecular weight excluding hydrogens is 264 g/mol. The summed E-state index contributed by atoms with van der Waals surface area (Å²) < 4.78 is 6.91. The molecule has 2 aromatic rings. The topological polar surface area (TPSA) is 43.6 Å². The summed E-state index contributed by atoms with van der Waals surface area (Å²) in [5, 5.41) is 0.428. The van der Waals surface area contributed by atoms with Crippen LogP contribution in [0, 0.1) is 0 Å². The summed E-state index contributed by atoms with van der Waals surface area (Å²) >= 11 is 6.13. The Kier molecular flexibility index (Phi) is 4.43. The number of esters is 1. The zero-order chi connectivity index (χ0) is 13.8. The monoisotopic (exact) mass is 280 g/mol. The fraction of sp³-hybridized carbons (Fsp3) is 0.429. The summed E-state index contributed by atoms with van der Waals surface area (Å²) in [7, 11) is 0. The van der Waals surface area contributed by atoms with Crippen LogP contribution in [0.25, 0.3) is 5.52 Å². The molecule has 0 N–H and O–H groups in total. The number of halogens is 1. The third kappa shape index (κ3) is 2.89. The number of unbranched alkanes of at least 4 members (excludes halogenated alkanes) is 1. The van der Waals surface area contributed by atoms with Crippen LogP contribution in [0.3, 0.4) is 0 Å². The van der Waals surface area contributed by atoms with E-state index in [-0.39, 0.29) is 5.97 Å². The van der Waals surface area contributed by atoms with Crippen LogP contribution < -0.4 is 0 Å². The second-order valence-electron chi connectivity index (χ2n) is 4.31. The molecule has 0 aromatic carbocycles. The third-order valence-corrected chi connectivity index (χ3v) is 3.21. The largest absolute Gasteiger partial charge is 0.462 e. The Bertz CT molecular complexity index is 592. The van der Waals surface area contributed by atoms with E-state index in [0.717, 1.165) is 30.6 Å². The van der Waals surface area contributed by atoms with E-state index in [4.69, 9.17) is 16.3 Å². The third-order valence-electron chi connectivity index (χ3n) is 2.94. The van der Waals surface area contributed by atoms with Gasteiger partial charge in [-0.15, -0.1) is 0 Å². The van der Waals surface area contributed by atoms with E-state index in [1.54, 1.807) is 19.1 Å². The van der Waals surface area contributed by atoms with Crippen LogP contribution in [0.15, 0.2) is 18.3 Å². The number of hydrogen-bond donors (Lipinski definition) is 0. The number of fused-ring (bicyclic) bond motifs is 1. The lowest BCUT2D eigenvalue weighted by molar-refractivity contribution is 0.0526. The summed E-state index contributed by atoms with van der Waals surface area (Å²) in [6.45, 7) is 4.28. The highest BCUT2D eigenvalue weighted by molar-refractivity contribution is 6.32. The van der Waals surface area contributed by atoms with Gasteiger partial charge in [0.25, 0.3) is 0 Å². The Hall–Kier alpha value is -1.55. The fourth-order valence-corrected chi connectivity index (χ4v) is 2.20. The number of aryl methyl sites for hydroxylation is 1. The lowest BCUT2D eigenvalue weighted by atomic mass is 10.2. The van der Waals surface area contributed by atoms with Gasteiger partial charge in [-0.1, -0.05) is 24.9 Å². The van der Waals surface area contributed by atoms with E-state index in [0.29, 0.717) is 17.3 Å². The average Bonchev–Trinajstić information content (AvgIpc) is 2.73. The van der Waals surface area contributed by atoms with Gasteiger partial charge in [-0.2, -0.15) is 0 Å². The lowest BCUT2D eigenvalue weighted by Crippen LogP contribution is -2.05. The molecule has 5 heteroatoms. The highest BCUT2D eigenvalue weighted by Gasteiger charge is 2.13. The van der Waals surface area contributed by atoms with Crippen LogP contribution in [0.1, 0.15) is 42.9 Å². The highest BCUT2D eigenvalue weighted by Crippen LogP contribution is 2.21. The SMILES string of the molecule is CCCCc1nc(Cl)c2cc(C(=O)OCC)ccn12. The van der Waals surface area contributed by atoms with Gasteiger partial charge >= 0.3 is 5.97 Å². The zero-order valence-electron chi connectivity index (χ0n) is 11.1. The van der Waals surface area contributed by atoms with Crippen molar-refractivity contribution in [1.29, 1.82) is 0 Å². The average molecular weight is 281 g/mol. The van der Waals surface area contributed by atoms with Gasteiger partial charge in [0.1, 0.15) is 5.82 Å². The number of nitrogens with zero attached hydrogens (tertiary/aromatic N) is 2. The van der Waals surface area contributed by atoms with Gasteiger partial charge in [0.2, 0.25) is 0 Å². The van der Waals surface area contributed by atoms with Crippen LogP contribution in [-0.2, 0) is 11.2 Å². The summed E-state index contributed by atoms with van der Waals surface area (Å²) in [4.78, 5) is 16.0. The van der Waals surface area contributed by atoms with E-state index in [9.17, 15) is 4.79 Å². The number of rotatable bonds is 5. The molecule has 4 nitrogen and oxygen atoms in total. The maximum absolute atomic E-state index is 11.7. The molecule has 2 rings (SSSR count). The predicted molar refractivity (Wildman–Crippen MR) is 74.8 cm³/mol. The van der Waals surface area contributed by atoms with E-state index in [2.05, 4.69) is 11.9 Å². The Morgan fingerprint density at radius 1 is 1.47 bits per heavy atom. The number of carbonyl (C=O) groups excluding carboxylic acids is 1. The number of pyridine rings is 1. The molecule has 102 valence electrons. The molecule has 0 saturated heterocycles. The molecule has 2 aromatic heterocycles. The van der Waals surface area contributed by atoms with Gasteiger partial charge in [0.05, 0.1) is 17.7 Å². The van der Waals surface area contributed by atoms with Crippen LogP contribution >= 0.6 is 11.6 Å². The lowest BCUT2D eigenvalue weighted by Gasteiger charge is -2.04. The van der Waals surface area contributed by atoms with E-state index >= 15 is 0 Å². The molecule has 2 heterocycles. The maximum Gasteiger partial charge on any atom is 0.338 e. The number of carbonyl (C=O) groups is 1. The number of ether oxygens (including phenoxy) is 1. The van der Waals surface area contributed by atoms with Crippen molar-refractivity contribution in [3.63, 3.8) is 0 Å². The Morgan fingerprint density at radius 2 is 2.26 bits per heavy atom. The zero-order valence-corrected chi connectivity index (χ0v) is 11.9. The molecule has 0 bridgehead atoms. The smallest absolute Gasteiger partial charge is 0.338 e. The quantitative estimate of drug-likeness (QED) is 0.787. The molecular formula is C14H17ClN2O2. The molecule has 0 radical (unpaired) electrons. The van der Waals surface area contributed by atoms with Gasteiger partial charge in [0.15, 0.2) is 5.15 Å². The summed E-state index contributed by atoms with van der Waals surface area (Å²) in [5.41, 5.74) is 1.25. The Labute approximate surface area is 117 Å². The first-order valence-corrected chi connectivity index (χ1v) is 6.88. The Balaban J connectivity index is 2.38. The van der Waals surface area contributed by atoms with Crippen molar-refractivity contribution in [3.05, 3.63) is 34.9 Å². The second kappa shape index (κ2) is 6.06. The van der Waals surface area contributed by atoms with Crippen molar-refractivity contribution >= 4 is 23.1 Å².